The van der Waals surface area contributed by atoms with E-state index < -0.39 is 0 Å². The zero-order chi connectivity index (χ0) is 16.7. The highest BCUT2D eigenvalue weighted by Crippen LogP contribution is 2.22. The second-order valence-corrected chi connectivity index (χ2v) is 5.61. The Bertz CT molecular complexity index is 641. The van der Waals surface area contributed by atoms with Gasteiger partial charge >= 0.3 is 0 Å². The number of aryl methyl sites for hydroxylation is 1. The Labute approximate surface area is 137 Å². The molecule has 0 fully saturated rings. The highest BCUT2D eigenvalue weighted by molar-refractivity contribution is 5.79. The van der Waals surface area contributed by atoms with Gasteiger partial charge in [0.15, 0.2) is 0 Å². The first kappa shape index (κ1) is 16.9. The fraction of sp³-hybridized carbons (Fsp3) is 0.316. The number of hydrogen-bond acceptors (Lipinski definition) is 3. The van der Waals surface area contributed by atoms with Crippen LogP contribution in [0.3, 0.4) is 0 Å². The van der Waals surface area contributed by atoms with Crippen molar-refractivity contribution in [2.75, 3.05) is 18.1 Å². The van der Waals surface area contributed by atoms with Gasteiger partial charge in [-0.1, -0.05) is 37.3 Å². The first-order valence-corrected chi connectivity index (χ1v) is 7.90. The van der Waals surface area contributed by atoms with Gasteiger partial charge in [0.25, 0.3) is 0 Å². The maximum absolute atomic E-state index is 11.4. The molecule has 0 saturated carbocycles. The number of anilines is 1. The summed E-state index contributed by atoms with van der Waals surface area (Å²) in [6.07, 6.45) is 0.988. The minimum Gasteiger partial charge on any atom is -0.493 e. The molecule has 2 aromatic rings. The zero-order valence-electron chi connectivity index (χ0n) is 13.8. The van der Waals surface area contributed by atoms with Gasteiger partial charge in [-0.05, 0) is 42.7 Å². The number of primary amides is 1. The molecule has 0 aliphatic heterocycles. The predicted molar refractivity (Wildman–Crippen MR) is 93.7 cm³/mol. The van der Waals surface area contributed by atoms with Crippen LogP contribution in [0.4, 0.5) is 5.69 Å². The summed E-state index contributed by atoms with van der Waals surface area (Å²) in [7, 11) is 0. The second kappa shape index (κ2) is 8.22. The summed E-state index contributed by atoms with van der Waals surface area (Å²) in [6, 6.07) is 16.0. The van der Waals surface area contributed by atoms with Gasteiger partial charge in [0, 0.05) is 12.2 Å². The van der Waals surface area contributed by atoms with Gasteiger partial charge < -0.3 is 15.4 Å². The van der Waals surface area contributed by atoms with E-state index in [-0.39, 0.29) is 12.5 Å². The molecule has 2 aromatic carbocycles. The Morgan fingerprint density at radius 1 is 1.17 bits per heavy atom. The van der Waals surface area contributed by atoms with Crippen molar-refractivity contribution < 1.29 is 9.53 Å². The summed E-state index contributed by atoms with van der Waals surface area (Å²) >= 11 is 0. The van der Waals surface area contributed by atoms with E-state index in [0.29, 0.717) is 6.54 Å². The Morgan fingerprint density at radius 2 is 1.91 bits per heavy atom. The van der Waals surface area contributed by atoms with Crippen molar-refractivity contribution in [1.29, 1.82) is 0 Å². The number of amides is 1. The van der Waals surface area contributed by atoms with Crippen LogP contribution in [-0.2, 0) is 11.3 Å². The number of carbonyl (C=O) groups is 1. The van der Waals surface area contributed by atoms with Crippen molar-refractivity contribution >= 4 is 11.6 Å². The molecule has 0 radical (unpaired) electrons. The lowest BCUT2D eigenvalue weighted by Gasteiger charge is -2.24. The van der Waals surface area contributed by atoms with Crippen LogP contribution in [0.15, 0.2) is 48.5 Å². The van der Waals surface area contributed by atoms with Crippen LogP contribution >= 0.6 is 0 Å². The Morgan fingerprint density at radius 3 is 2.52 bits per heavy atom. The normalized spacial score (nSPS) is 10.3. The number of rotatable bonds is 8. The van der Waals surface area contributed by atoms with Crippen LogP contribution in [0, 0.1) is 6.92 Å². The summed E-state index contributed by atoms with van der Waals surface area (Å²) in [5, 5.41) is 0. The summed E-state index contributed by atoms with van der Waals surface area (Å²) in [4.78, 5) is 13.3. The third kappa shape index (κ3) is 5.02. The van der Waals surface area contributed by atoms with E-state index >= 15 is 0 Å². The van der Waals surface area contributed by atoms with Gasteiger partial charge in [-0.25, -0.2) is 0 Å². The van der Waals surface area contributed by atoms with Crippen molar-refractivity contribution in [3.63, 3.8) is 0 Å². The molecule has 0 saturated heterocycles. The fourth-order valence-electron chi connectivity index (χ4n) is 2.47. The molecule has 0 spiro atoms. The highest BCUT2D eigenvalue weighted by atomic mass is 16.5. The molecular formula is C19H24N2O2. The number of ether oxygens (including phenoxy) is 1. The summed E-state index contributed by atoms with van der Waals surface area (Å²) < 4.78 is 5.71. The van der Waals surface area contributed by atoms with Crippen molar-refractivity contribution in [3.8, 4) is 5.75 Å². The van der Waals surface area contributed by atoms with Gasteiger partial charge in [0.1, 0.15) is 5.75 Å². The summed E-state index contributed by atoms with van der Waals surface area (Å²) in [5.41, 5.74) is 8.60. The first-order chi connectivity index (χ1) is 11.1. The molecule has 2 N–H and O–H groups in total. The Balaban J connectivity index is 2.16. The Kier molecular flexibility index (Phi) is 6.03. The van der Waals surface area contributed by atoms with Gasteiger partial charge in [0.05, 0.1) is 13.2 Å². The molecule has 1 amide bonds. The number of hydrogen-bond donors (Lipinski definition) is 1. The second-order valence-electron chi connectivity index (χ2n) is 5.61. The standard InChI is InChI=1S/C19H24N2O2/c1-3-11-23-18-10-9-16(12-15(18)2)13-21(14-19(20)22)17-7-5-4-6-8-17/h4-10,12H,3,11,13-14H2,1-2H3,(H2,20,22). The molecule has 0 aliphatic carbocycles. The van der Waals surface area contributed by atoms with E-state index in [1.807, 2.05) is 54.3 Å². The highest BCUT2D eigenvalue weighted by Gasteiger charge is 2.11. The third-order valence-corrected chi connectivity index (χ3v) is 3.54. The monoisotopic (exact) mass is 312 g/mol. The maximum Gasteiger partial charge on any atom is 0.236 e. The van der Waals surface area contributed by atoms with E-state index in [1.165, 1.54) is 0 Å². The molecular weight excluding hydrogens is 288 g/mol. The predicted octanol–water partition coefficient (Wildman–Crippen LogP) is 3.28. The molecule has 23 heavy (non-hydrogen) atoms. The number of nitrogens with zero attached hydrogens (tertiary/aromatic N) is 1. The van der Waals surface area contributed by atoms with E-state index in [4.69, 9.17) is 10.5 Å². The van der Waals surface area contributed by atoms with Crippen molar-refractivity contribution in [3.05, 3.63) is 59.7 Å². The summed E-state index contributed by atoms with van der Waals surface area (Å²) in [6.45, 7) is 5.66. The molecule has 0 aliphatic rings. The fourth-order valence-corrected chi connectivity index (χ4v) is 2.47. The van der Waals surface area contributed by atoms with Gasteiger partial charge in [-0.3, -0.25) is 4.79 Å². The van der Waals surface area contributed by atoms with E-state index in [0.717, 1.165) is 35.6 Å². The minimum absolute atomic E-state index is 0.192. The maximum atomic E-state index is 11.4. The topological polar surface area (TPSA) is 55.6 Å². The van der Waals surface area contributed by atoms with E-state index in [9.17, 15) is 4.79 Å². The average Bonchev–Trinajstić information content (AvgIpc) is 2.54. The molecule has 4 heteroatoms. The molecule has 0 unspecified atom stereocenters. The van der Waals surface area contributed by atoms with Gasteiger partial charge in [-0.15, -0.1) is 0 Å². The lowest BCUT2D eigenvalue weighted by Crippen LogP contribution is -2.33. The molecule has 4 nitrogen and oxygen atoms in total. The van der Waals surface area contributed by atoms with Crippen LogP contribution in [-0.4, -0.2) is 19.1 Å². The van der Waals surface area contributed by atoms with Crippen LogP contribution in [0.5, 0.6) is 5.75 Å². The number of benzene rings is 2. The van der Waals surface area contributed by atoms with Gasteiger partial charge in [0.2, 0.25) is 5.91 Å². The average molecular weight is 312 g/mol. The SMILES string of the molecule is CCCOc1ccc(CN(CC(N)=O)c2ccccc2)cc1C. The molecule has 2 rings (SSSR count). The first-order valence-electron chi connectivity index (χ1n) is 7.90. The molecule has 0 bridgehead atoms. The largest absolute Gasteiger partial charge is 0.493 e. The smallest absolute Gasteiger partial charge is 0.236 e. The molecule has 0 atom stereocenters. The third-order valence-electron chi connectivity index (χ3n) is 3.54. The quantitative estimate of drug-likeness (QED) is 0.814. The number of nitrogens with two attached hydrogens (primary N) is 1. The number of carbonyl (C=O) groups excluding carboxylic acids is 1. The molecule has 122 valence electrons. The number of para-hydroxylation sites is 1. The van der Waals surface area contributed by atoms with Crippen molar-refractivity contribution in [2.45, 2.75) is 26.8 Å². The molecule has 0 heterocycles. The van der Waals surface area contributed by atoms with Gasteiger partial charge in [-0.2, -0.15) is 0 Å². The van der Waals surface area contributed by atoms with E-state index in [2.05, 4.69) is 13.0 Å². The van der Waals surface area contributed by atoms with Crippen LogP contribution in [0.25, 0.3) is 0 Å². The summed E-state index contributed by atoms with van der Waals surface area (Å²) in [5.74, 6) is 0.574. The van der Waals surface area contributed by atoms with Crippen molar-refractivity contribution in [2.24, 2.45) is 5.73 Å². The van der Waals surface area contributed by atoms with Crippen molar-refractivity contribution in [1.82, 2.24) is 0 Å². The van der Waals surface area contributed by atoms with E-state index in [1.54, 1.807) is 0 Å². The van der Waals surface area contributed by atoms with Crippen LogP contribution in [0.2, 0.25) is 0 Å². The lowest BCUT2D eigenvalue weighted by atomic mass is 10.1. The zero-order valence-corrected chi connectivity index (χ0v) is 13.8. The van der Waals surface area contributed by atoms with Crippen LogP contribution in [0.1, 0.15) is 24.5 Å². The molecule has 0 aromatic heterocycles. The lowest BCUT2D eigenvalue weighted by molar-refractivity contribution is -0.116. The minimum atomic E-state index is -0.339. The Hall–Kier alpha value is -2.49. The van der Waals surface area contributed by atoms with Crippen LogP contribution < -0.4 is 15.4 Å².